The summed E-state index contributed by atoms with van der Waals surface area (Å²) in [4.78, 5) is 34.9. The molecular weight excluding hydrogens is 486 g/mol. The van der Waals surface area contributed by atoms with Crippen molar-refractivity contribution in [2.45, 2.75) is 38.0 Å². The lowest BCUT2D eigenvalue weighted by atomic mass is 10.1. The number of hydrogen-bond acceptors (Lipinski definition) is 10. The van der Waals surface area contributed by atoms with E-state index >= 15 is 0 Å². The molecule has 2 atom stereocenters. The molecule has 0 saturated carbocycles. The van der Waals surface area contributed by atoms with E-state index in [1.54, 1.807) is 12.1 Å². The molecule has 2 aliphatic rings. The maximum Gasteiger partial charge on any atom is 0.260 e. The normalized spacial score (nSPS) is 20.4. The Bertz CT molecular complexity index is 1520. The van der Waals surface area contributed by atoms with Crippen molar-refractivity contribution in [1.82, 2.24) is 24.1 Å². The van der Waals surface area contributed by atoms with Crippen LogP contribution in [0.3, 0.4) is 0 Å². The van der Waals surface area contributed by atoms with Crippen LogP contribution in [0, 0.1) is 6.92 Å². The minimum atomic E-state index is -1.47. The Morgan fingerprint density at radius 3 is 2.86 bits per heavy atom. The van der Waals surface area contributed by atoms with Crippen LogP contribution in [-0.2, 0) is 14.3 Å². The van der Waals surface area contributed by atoms with Crippen molar-refractivity contribution in [3.63, 3.8) is 0 Å². The molecular formula is C23H25N7O5S. The number of aliphatic hydroxyl groups excluding tert-OH is 1. The van der Waals surface area contributed by atoms with Crippen LogP contribution in [0.2, 0.25) is 0 Å². The Balaban J connectivity index is 1.29. The minimum absolute atomic E-state index is 0.0477. The Labute approximate surface area is 208 Å². The van der Waals surface area contributed by atoms with E-state index in [9.17, 15) is 14.7 Å². The number of anilines is 2. The zero-order valence-corrected chi connectivity index (χ0v) is 20.3. The number of aryl methyl sites for hydroxylation is 1. The van der Waals surface area contributed by atoms with E-state index in [1.165, 1.54) is 4.90 Å². The third-order valence-corrected chi connectivity index (χ3v) is 7.66. The molecule has 0 unspecified atom stereocenters. The lowest BCUT2D eigenvalue weighted by molar-refractivity contribution is -0.143. The molecule has 2 saturated heterocycles. The van der Waals surface area contributed by atoms with E-state index < -0.39 is 23.7 Å². The van der Waals surface area contributed by atoms with Crippen molar-refractivity contribution in [3.8, 4) is 0 Å². The summed E-state index contributed by atoms with van der Waals surface area (Å²) >= 11 is 1.11. The van der Waals surface area contributed by atoms with Gasteiger partial charge < -0.3 is 25.3 Å². The number of nitrogens with one attached hydrogen (secondary N) is 1. The zero-order chi connectivity index (χ0) is 25.0. The number of ether oxygens (including phenoxy) is 2. The summed E-state index contributed by atoms with van der Waals surface area (Å²) in [5.41, 5.74) is 6.75. The number of benzene rings is 1. The molecule has 2 aliphatic heterocycles. The molecule has 1 aromatic carbocycles. The number of hydrogen-bond donors (Lipinski definition) is 3. The standard InChI is InChI=1S/C23H25N7O5S/c1-11-10-15(27-30(11)12-4-7-34-8-5-12)29-6-9-35-18(23(29)33)17(31)21-25-14-3-2-13-19(36-28-20(13)24)16(14)22(32)26-21/h2-3,10,12,17-18,31H,4-9H2,1H3,(H2,24,28)(H,25,26,32)/t17-,18-/m1/s1. The Hall–Kier alpha value is -3.39. The fraction of sp³-hybridized carbons (Fsp3) is 0.435. The van der Waals surface area contributed by atoms with Crippen molar-refractivity contribution in [2.24, 2.45) is 0 Å². The molecule has 5 heterocycles. The van der Waals surface area contributed by atoms with Crippen LogP contribution in [0.15, 0.2) is 23.0 Å². The number of fused-ring (bicyclic) bond motifs is 3. The second kappa shape index (κ2) is 8.92. The number of H-pyrrole nitrogens is 1. The van der Waals surface area contributed by atoms with Gasteiger partial charge in [0.25, 0.3) is 11.5 Å². The molecule has 0 radical (unpaired) electrons. The van der Waals surface area contributed by atoms with Crippen molar-refractivity contribution in [1.29, 1.82) is 0 Å². The third-order valence-electron chi connectivity index (χ3n) is 6.77. The van der Waals surface area contributed by atoms with Crippen molar-refractivity contribution < 1.29 is 19.4 Å². The second-order valence-electron chi connectivity index (χ2n) is 9.01. The number of aliphatic hydroxyl groups is 1. The first-order valence-corrected chi connectivity index (χ1v) is 12.5. The number of morpholine rings is 1. The maximum absolute atomic E-state index is 13.4. The number of aromatic nitrogens is 5. The summed E-state index contributed by atoms with van der Waals surface area (Å²) in [6, 6.07) is 5.47. The van der Waals surface area contributed by atoms with Crippen molar-refractivity contribution in [3.05, 3.63) is 40.1 Å². The maximum atomic E-state index is 13.4. The lowest BCUT2D eigenvalue weighted by Crippen LogP contribution is -2.50. The highest BCUT2D eigenvalue weighted by Gasteiger charge is 2.39. The van der Waals surface area contributed by atoms with Gasteiger partial charge in [-0.1, -0.05) is 0 Å². The number of aromatic amines is 1. The van der Waals surface area contributed by atoms with E-state index in [-0.39, 0.29) is 18.5 Å². The number of nitrogen functional groups attached to an aromatic ring is 1. The average Bonchev–Trinajstić information content (AvgIpc) is 3.46. The van der Waals surface area contributed by atoms with Crippen molar-refractivity contribution in [2.75, 3.05) is 37.0 Å². The summed E-state index contributed by atoms with van der Waals surface area (Å²) in [6.07, 6.45) is -0.988. The lowest BCUT2D eigenvalue weighted by Gasteiger charge is -2.33. The summed E-state index contributed by atoms with van der Waals surface area (Å²) in [6.45, 7) is 3.83. The van der Waals surface area contributed by atoms with Gasteiger partial charge in [0.15, 0.2) is 11.9 Å². The Morgan fingerprint density at radius 2 is 2.06 bits per heavy atom. The van der Waals surface area contributed by atoms with Crippen molar-refractivity contribution >= 4 is 50.1 Å². The molecule has 0 spiro atoms. The van der Waals surface area contributed by atoms with Crippen LogP contribution in [0.5, 0.6) is 0 Å². The van der Waals surface area contributed by atoms with Crippen LogP contribution in [-0.4, -0.2) is 67.6 Å². The topological polar surface area (TPSA) is 161 Å². The number of amides is 1. The van der Waals surface area contributed by atoms with E-state index in [0.717, 1.165) is 30.1 Å². The Morgan fingerprint density at radius 1 is 1.25 bits per heavy atom. The second-order valence-corrected chi connectivity index (χ2v) is 9.79. The first kappa shape index (κ1) is 23.0. The van der Waals surface area contributed by atoms with Gasteiger partial charge in [-0.15, -0.1) is 0 Å². The molecule has 188 valence electrons. The molecule has 0 aliphatic carbocycles. The van der Waals surface area contributed by atoms with E-state index in [0.29, 0.717) is 52.4 Å². The monoisotopic (exact) mass is 511 g/mol. The molecule has 12 nitrogen and oxygen atoms in total. The van der Waals surface area contributed by atoms with Gasteiger partial charge in [-0.25, -0.2) is 4.98 Å². The average molecular weight is 512 g/mol. The number of nitrogens with two attached hydrogens (primary N) is 1. The van der Waals surface area contributed by atoms with Gasteiger partial charge in [0.2, 0.25) is 0 Å². The fourth-order valence-corrected chi connectivity index (χ4v) is 5.75. The first-order chi connectivity index (χ1) is 17.4. The molecule has 2 fully saturated rings. The molecule has 6 rings (SSSR count). The summed E-state index contributed by atoms with van der Waals surface area (Å²) < 4.78 is 17.8. The predicted octanol–water partition coefficient (Wildman–Crippen LogP) is 1.44. The molecule has 4 aromatic rings. The molecule has 13 heteroatoms. The van der Waals surface area contributed by atoms with Crippen LogP contribution in [0.1, 0.15) is 36.5 Å². The minimum Gasteiger partial charge on any atom is -0.382 e. The largest absolute Gasteiger partial charge is 0.382 e. The Kier molecular flexibility index (Phi) is 5.71. The van der Waals surface area contributed by atoms with Gasteiger partial charge in [0, 0.05) is 30.4 Å². The molecule has 3 aromatic heterocycles. The molecule has 4 N–H and O–H groups in total. The van der Waals surface area contributed by atoms with Gasteiger partial charge >= 0.3 is 0 Å². The molecule has 1 amide bonds. The molecule has 36 heavy (non-hydrogen) atoms. The third kappa shape index (κ3) is 3.75. The van der Waals surface area contributed by atoms with E-state index in [2.05, 4.69) is 14.3 Å². The summed E-state index contributed by atoms with van der Waals surface area (Å²) in [5.74, 6) is 0.359. The fourth-order valence-electron chi connectivity index (χ4n) is 4.91. The van der Waals surface area contributed by atoms with Gasteiger partial charge in [-0.3, -0.25) is 19.2 Å². The van der Waals surface area contributed by atoms with Gasteiger partial charge in [0.1, 0.15) is 17.7 Å². The number of rotatable bonds is 4. The highest BCUT2D eigenvalue weighted by atomic mass is 32.1. The number of carbonyl (C=O) groups excluding carboxylic acids is 1. The van der Waals surface area contributed by atoms with Crippen LogP contribution < -0.4 is 16.2 Å². The quantitative estimate of drug-likeness (QED) is 0.368. The van der Waals surface area contributed by atoms with E-state index in [4.69, 9.17) is 20.3 Å². The van der Waals surface area contributed by atoms with Crippen LogP contribution in [0.25, 0.3) is 21.0 Å². The summed E-state index contributed by atoms with van der Waals surface area (Å²) in [7, 11) is 0. The van der Waals surface area contributed by atoms with Gasteiger partial charge in [-0.2, -0.15) is 9.47 Å². The van der Waals surface area contributed by atoms with Gasteiger partial charge in [0.05, 0.1) is 34.8 Å². The van der Waals surface area contributed by atoms with Crippen LogP contribution >= 0.6 is 11.5 Å². The van der Waals surface area contributed by atoms with Gasteiger partial charge in [-0.05, 0) is 43.4 Å². The van der Waals surface area contributed by atoms with E-state index in [1.807, 2.05) is 17.7 Å². The summed E-state index contributed by atoms with van der Waals surface area (Å²) in [5, 5.41) is 16.8. The highest BCUT2D eigenvalue weighted by molar-refractivity contribution is 7.14. The smallest absolute Gasteiger partial charge is 0.260 e. The predicted molar refractivity (Wildman–Crippen MR) is 133 cm³/mol. The van der Waals surface area contributed by atoms with Crippen LogP contribution in [0.4, 0.5) is 11.6 Å². The first-order valence-electron chi connectivity index (χ1n) is 11.7. The number of carbonyl (C=O) groups is 1. The molecule has 0 bridgehead atoms. The zero-order valence-electron chi connectivity index (χ0n) is 19.5. The number of nitrogens with zero attached hydrogens (tertiary/aromatic N) is 5. The highest BCUT2D eigenvalue weighted by Crippen LogP contribution is 2.31. The SMILES string of the molecule is Cc1cc(N2CCO[C@H]([C@@H](O)c3nc4ccc5c(N)nsc5c4c(=O)[nH]3)C2=O)nn1C1CCOCC1.